The number of nitrogens with one attached hydrogen (secondary N) is 1. The molecule has 0 radical (unpaired) electrons. The van der Waals surface area contributed by atoms with Crippen molar-refractivity contribution in [2.24, 2.45) is 11.7 Å². The van der Waals surface area contributed by atoms with Crippen molar-refractivity contribution in [3.05, 3.63) is 29.8 Å². The minimum atomic E-state index is -0.677. The molecule has 0 aromatic heterocycles. The molecule has 2 amide bonds. The maximum Gasteiger partial charge on any atom is 0.410 e. The Morgan fingerprint density at radius 1 is 1.29 bits per heavy atom. The van der Waals surface area contributed by atoms with E-state index in [1.807, 2.05) is 45.2 Å². The van der Waals surface area contributed by atoms with Crippen molar-refractivity contribution in [2.45, 2.75) is 26.5 Å². The molecule has 0 bridgehead atoms. The largest absolute Gasteiger partial charge is 0.445 e. The van der Waals surface area contributed by atoms with E-state index in [4.69, 9.17) is 10.5 Å². The predicted molar refractivity (Wildman–Crippen MR) is 81.8 cm³/mol. The van der Waals surface area contributed by atoms with Crippen LogP contribution < -0.4 is 11.1 Å². The monoisotopic (exact) mass is 293 g/mol. The van der Waals surface area contributed by atoms with Gasteiger partial charge in [-0.3, -0.25) is 9.69 Å². The van der Waals surface area contributed by atoms with Crippen LogP contribution in [0.15, 0.2) is 24.3 Å². The molecule has 0 spiro atoms. The summed E-state index contributed by atoms with van der Waals surface area (Å²) in [5.74, 6) is -0.613. The number of likely N-dealkylation sites (N-methyl/N-ethyl adjacent to an activating group) is 1. The van der Waals surface area contributed by atoms with Crippen LogP contribution >= 0.6 is 0 Å². The lowest BCUT2D eigenvalue weighted by atomic mass is 10.0. The van der Waals surface area contributed by atoms with E-state index in [0.29, 0.717) is 0 Å². The first-order chi connectivity index (χ1) is 9.86. The molecular weight excluding hydrogens is 270 g/mol. The average molecular weight is 293 g/mol. The van der Waals surface area contributed by atoms with Crippen LogP contribution in [0.3, 0.4) is 0 Å². The molecule has 6 nitrogen and oxygen atoms in total. The van der Waals surface area contributed by atoms with E-state index >= 15 is 0 Å². The highest BCUT2D eigenvalue weighted by Crippen LogP contribution is 2.13. The summed E-state index contributed by atoms with van der Waals surface area (Å²) in [6, 6.07) is 6.85. The van der Waals surface area contributed by atoms with E-state index in [2.05, 4.69) is 5.32 Å². The van der Waals surface area contributed by atoms with Crippen LogP contribution in [-0.4, -0.2) is 37.0 Å². The summed E-state index contributed by atoms with van der Waals surface area (Å²) in [4.78, 5) is 24.6. The number of anilines is 1. The lowest BCUT2D eigenvalue weighted by Gasteiger charge is -2.27. The van der Waals surface area contributed by atoms with Crippen LogP contribution in [-0.2, 0) is 16.1 Å². The number of carbonyl (C=O) groups is 2. The lowest BCUT2D eigenvalue weighted by molar-refractivity contribution is -0.123. The van der Waals surface area contributed by atoms with Gasteiger partial charge in [0.25, 0.3) is 0 Å². The maximum absolute atomic E-state index is 12.0. The van der Waals surface area contributed by atoms with Gasteiger partial charge in [-0.05, 0) is 23.6 Å². The number of nitrogens with zero attached hydrogens (tertiary/aromatic N) is 1. The number of amides is 2. The molecule has 0 unspecified atom stereocenters. The highest BCUT2D eigenvalue weighted by molar-refractivity contribution is 5.84. The third-order valence-electron chi connectivity index (χ3n) is 3.23. The smallest absolute Gasteiger partial charge is 0.410 e. The first kappa shape index (κ1) is 16.8. The van der Waals surface area contributed by atoms with Gasteiger partial charge in [0, 0.05) is 19.8 Å². The zero-order chi connectivity index (χ0) is 16.0. The van der Waals surface area contributed by atoms with Crippen molar-refractivity contribution >= 4 is 17.7 Å². The Kier molecular flexibility index (Phi) is 6.02. The number of hydrogen-bond donors (Lipinski definition) is 2. The predicted octanol–water partition coefficient (Wildman–Crippen LogP) is 1.81. The Morgan fingerprint density at radius 2 is 1.86 bits per heavy atom. The Labute approximate surface area is 125 Å². The van der Waals surface area contributed by atoms with Gasteiger partial charge in [-0.2, -0.15) is 0 Å². The summed E-state index contributed by atoms with van der Waals surface area (Å²) in [5, 5.41) is 3.01. The lowest BCUT2D eigenvalue weighted by Crippen LogP contribution is -2.48. The van der Waals surface area contributed by atoms with Gasteiger partial charge in [0.05, 0.1) is 0 Å². The third kappa shape index (κ3) is 4.66. The quantitative estimate of drug-likeness (QED) is 0.837. The number of rotatable bonds is 6. The van der Waals surface area contributed by atoms with Crippen LogP contribution in [0.4, 0.5) is 10.5 Å². The molecule has 0 heterocycles. The summed E-state index contributed by atoms with van der Waals surface area (Å²) in [6.45, 7) is 3.81. The molecule has 21 heavy (non-hydrogen) atoms. The number of carbonyl (C=O) groups excluding carboxylic acids is 2. The highest BCUT2D eigenvalue weighted by Gasteiger charge is 2.28. The maximum atomic E-state index is 12.0. The standard InChI is InChI=1S/C15H23N3O3/c1-10(2)13(14(16)19)18(4)15(20)21-9-11-5-7-12(17-3)8-6-11/h5-8,10,13,17H,9H2,1-4H3,(H2,16,19)/t13-/m0/s1. The van der Waals surface area contributed by atoms with Gasteiger partial charge in [0.15, 0.2) is 0 Å². The minimum Gasteiger partial charge on any atom is -0.445 e. The van der Waals surface area contributed by atoms with E-state index < -0.39 is 18.0 Å². The Bertz CT molecular complexity index is 485. The number of benzene rings is 1. The Balaban J connectivity index is 2.61. The van der Waals surface area contributed by atoms with Gasteiger partial charge in [0.1, 0.15) is 12.6 Å². The van der Waals surface area contributed by atoms with Crippen molar-refractivity contribution in [2.75, 3.05) is 19.4 Å². The molecule has 1 aromatic carbocycles. The molecule has 116 valence electrons. The number of nitrogens with two attached hydrogens (primary N) is 1. The number of ether oxygens (including phenoxy) is 1. The second-order valence-corrected chi connectivity index (χ2v) is 5.20. The van der Waals surface area contributed by atoms with Crippen LogP contribution in [0.25, 0.3) is 0 Å². The normalized spacial score (nSPS) is 11.9. The fourth-order valence-corrected chi connectivity index (χ4v) is 2.09. The Morgan fingerprint density at radius 3 is 2.29 bits per heavy atom. The SMILES string of the molecule is CNc1ccc(COC(=O)N(C)[C@H](C(N)=O)C(C)C)cc1. The van der Waals surface area contributed by atoms with Crippen LogP contribution in [0.5, 0.6) is 0 Å². The van der Waals surface area contributed by atoms with Crippen LogP contribution in [0.1, 0.15) is 19.4 Å². The minimum absolute atomic E-state index is 0.0741. The Hall–Kier alpha value is -2.24. The highest BCUT2D eigenvalue weighted by atomic mass is 16.6. The second-order valence-electron chi connectivity index (χ2n) is 5.20. The van der Waals surface area contributed by atoms with E-state index in [1.165, 1.54) is 11.9 Å². The summed E-state index contributed by atoms with van der Waals surface area (Å²) in [7, 11) is 3.35. The van der Waals surface area contributed by atoms with Gasteiger partial charge in [-0.1, -0.05) is 26.0 Å². The zero-order valence-electron chi connectivity index (χ0n) is 12.9. The van der Waals surface area contributed by atoms with Gasteiger partial charge >= 0.3 is 6.09 Å². The first-order valence-corrected chi connectivity index (χ1v) is 6.82. The molecule has 1 atom stereocenters. The summed E-state index contributed by atoms with van der Waals surface area (Å²) in [6.07, 6.45) is -0.565. The van der Waals surface area contributed by atoms with E-state index in [0.717, 1.165) is 11.3 Å². The van der Waals surface area contributed by atoms with Crippen LogP contribution in [0, 0.1) is 5.92 Å². The van der Waals surface area contributed by atoms with Crippen molar-refractivity contribution in [1.82, 2.24) is 4.90 Å². The molecule has 0 aliphatic carbocycles. The van der Waals surface area contributed by atoms with E-state index in [9.17, 15) is 9.59 Å². The summed E-state index contributed by atoms with van der Waals surface area (Å²) < 4.78 is 5.20. The summed E-state index contributed by atoms with van der Waals surface area (Å²) >= 11 is 0. The van der Waals surface area contributed by atoms with Gasteiger partial charge in [-0.25, -0.2) is 4.79 Å². The van der Waals surface area contributed by atoms with Crippen molar-refractivity contribution in [1.29, 1.82) is 0 Å². The van der Waals surface area contributed by atoms with Crippen molar-refractivity contribution < 1.29 is 14.3 Å². The molecule has 0 saturated carbocycles. The first-order valence-electron chi connectivity index (χ1n) is 6.82. The van der Waals surface area contributed by atoms with Gasteiger partial charge < -0.3 is 15.8 Å². The van der Waals surface area contributed by atoms with Gasteiger partial charge in [-0.15, -0.1) is 0 Å². The van der Waals surface area contributed by atoms with E-state index in [-0.39, 0.29) is 12.5 Å². The summed E-state index contributed by atoms with van der Waals surface area (Å²) in [5.41, 5.74) is 7.17. The fraction of sp³-hybridized carbons (Fsp3) is 0.467. The average Bonchev–Trinajstić information content (AvgIpc) is 2.44. The fourth-order valence-electron chi connectivity index (χ4n) is 2.09. The second kappa shape index (κ2) is 7.52. The number of primary amides is 1. The topological polar surface area (TPSA) is 84.7 Å². The van der Waals surface area contributed by atoms with Gasteiger partial charge in [0.2, 0.25) is 5.91 Å². The van der Waals surface area contributed by atoms with E-state index in [1.54, 1.807) is 0 Å². The molecule has 1 rings (SSSR count). The molecule has 0 saturated heterocycles. The molecule has 0 aliphatic rings. The molecule has 0 fully saturated rings. The molecule has 0 aliphatic heterocycles. The zero-order valence-corrected chi connectivity index (χ0v) is 12.9. The molecule has 1 aromatic rings. The van der Waals surface area contributed by atoms with Crippen LogP contribution in [0.2, 0.25) is 0 Å². The van der Waals surface area contributed by atoms with Crippen molar-refractivity contribution in [3.63, 3.8) is 0 Å². The molecular formula is C15H23N3O3. The van der Waals surface area contributed by atoms with Crippen molar-refractivity contribution in [3.8, 4) is 0 Å². The third-order valence-corrected chi connectivity index (χ3v) is 3.23. The molecule has 3 N–H and O–H groups in total. The molecule has 6 heteroatoms. The number of hydrogen-bond acceptors (Lipinski definition) is 4.